The summed E-state index contributed by atoms with van der Waals surface area (Å²) in [7, 11) is 0. The second-order valence-corrected chi connectivity index (χ2v) is 14.9. The van der Waals surface area contributed by atoms with Crippen molar-refractivity contribution in [2.45, 2.75) is 69.7 Å². The van der Waals surface area contributed by atoms with E-state index in [9.17, 15) is 10.1 Å². The van der Waals surface area contributed by atoms with Crippen molar-refractivity contribution >= 4 is 50.9 Å². The van der Waals surface area contributed by atoms with Gasteiger partial charge in [-0.15, -0.1) is 0 Å². The highest BCUT2D eigenvalue weighted by atomic mass is 35.5. The van der Waals surface area contributed by atoms with E-state index in [4.69, 9.17) is 32.9 Å². The molecule has 0 spiro atoms. The molecule has 12 heteroatoms. The number of nitriles is 1. The van der Waals surface area contributed by atoms with Gasteiger partial charge in [-0.25, -0.2) is 14.4 Å². The van der Waals surface area contributed by atoms with Crippen LogP contribution >= 0.6 is 23.2 Å². The minimum absolute atomic E-state index is 0.0323. The first-order valence-corrected chi connectivity index (χ1v) is 18.0. The van der Waals surface area contributed by atoms with E-state index in [2.05, 4.69) is 32.0 Å². The molecule has 5 aromatic rings. The minimum atomic E-state index is -0.488. The average molecular weight is 711 g/mol. The summed E-state index contributed by atoms with van der Waals surface area (Å²) in [5, 5.41) is 15.5. The summed E-state index contributed by atoms with van der Waals surface area (Å²) in [4.78, 5) is 29.3. The third kappa shape index (κ3) is 5.04. The number of hydrogen-bond donors (Lipinski definition) is 1. The Balaban J connectivity index is 1.27. The maximum absolute atomic E-state index is 17.1. The van der Waals surface area contributed by atoms with Gasteiger partial charge in [-0.1, -0.05) is 35.3 Å². The van der Waals surface area contributed by atoms with Crippen LogP contribution < -0.4 is 10.1 Å². The van der Waals surface area contributed by atoms with Crippen LogP contribution in [0.15, 0.2) is 48.9 Å². The van der Waals surface area contributed by atoms with Crippen LogP contribution in [-0.4, -0.2) is 55.6 Å². The largest absolute Gasteiger partial charge is 0.471 e. The summed E-state index contributed by atoms with van der Waals surface area (Å²) in [6.07, 6.45) is 8.52. The molecule has 3 aromatic heterocycles. The first-order chi connectivity index (χ1) is 24.3. The molecular formula is C38H34Cl2FN7O2. The van der Waals surface area contributed by atoms with E-state index in [-0.39, 0.29) is 53.0 Å². The molecule has 2 bridgehead atoms. The molecule has 1 N–H and O–H groups in total. The number of ether oxygens (including phenoxy) is 1. The lowest BCUT2D eigenvalue weighted by atomic mass is 9.79. The van der Waals surface area contributed by atoms with Crippen LogP contribution in [0.25, 0.3) is 32.9 Å². The second kappa shape index (κ2) is 12.2. The first-order valence-electron chi connectivity index (χ1n) is 17.3. The topological polar surface area (TPSA) is 109 Å². The Hall–Kier alpha value is -4.30. The van der Waals surface area contributed by atoms with E-state index in [1.165, 1.54) is 0 Å². The average Bonchev–Trinajstić information content (AvgIpc) is 3.40. The zero-order valence-electron chi connectivity index (χ0n) is 27.4. The van der Waals surface area contributed by atoms with Gasteiger partial charge < -0.3 is 19.5 Å². The van der Waals surface area contributed by atoms with Crippen molar-refractivity contribution in [3.05, 3.63) is 81.7 Å². The second-order valence-electron chi connectivity index (χ2n) is 14.1. The smallest absolute Gasteiger partial charge is 0.232 e. The summed E-state index contributed by atoms with van der Waals surface area (Å²) in [5.74, 6) is 0.536. The molecule has 2 aromatic carbocycles. The predicted octanol–water partition coefficient (Wildman–Crippen LogP) is 7.52. The highest BCUT2D eigenvalue weighted by Gasteiger charge is 2.51. The number of fused-ring (bicyclic) bond motifs is 4. The first kappa shape index (κ1) is 31.7. The number of amides is 1. The van der Waals surface area contributed by atoms with Gasteiger partial charge in [-0.05, 0) is 62.3 Å². The van der Waals surface area contributed by atoms with Gasteiger partial charge in [-0.3, -0.25) is 9.78 Å². The van der Waals surface area contributed by atoms with Crippen LogP contribution in [0, 0.1) is 35.9 Å². The van der Waals surface area contributed by atoms with Crippen molar-refractivity contribution in [2.75, 3.05) is 13.1 Å². The quantitative estimate of drug-likeness (QED) is 0.178. The molecule has 3 saturated heterocycles. The van der Waals surface area contributed by atoms with Gasteiger partial charge in [-0.2, -0.15) is 5.26 Å². The molecule has 2 aliphatic carbocycles. The van der Waals surface area contributed by atoms with E-state index >= 15 is 4.39 Å². The summed E-state index contributed by atoms with van der Waals surface area (Å²) < 4.78 is 25.8. The molecule has 5 aliphatic rings. The van der Waals surface area contributed by atoms with Crippen LogP contribution in [0.3, 0.4) is 0 Å². The number of carbonyl (C=O) groups is 1. The van der Waals surface area contributed by atoms with Crippen LogP contribution in [0.4, 0.5) is 4.39 Å². The van der Waals surface area contributed by atoms with Crippen LogP contribution in [0.2, 0.25) is 10.0 Å². The third-order valence-corrected chi connectivity index (χ3v) is 11.9. The normalized spacial score (nSPS) is 24.1. The maximum atomic E-state index is 17.1. The molecule has 0 radical (unpaired) electrons. The van der Waals surface area contributed by atoms with Gasteiger partial charge >= 0.3 is 0 Å². The predicted molar refractivity (Wildman–Crippen MR) is 189 cm³/mol. The van der Waals surface area contributed by atoms with Gasteiger partial charge in [0.05, 0.1) is 46.5 Å². The molecule has 6 heterocycles. The molecule has 254 valence electrons. The number of pyridine rings is 1. The zero-order valence-corrected chi connectivity index (χ0v) is 28.9. The standard InChI is InChI=1S/C38H34Cl2FN7O2/c1-19-25-15-30(29-14-23(50-31-17-43-10-11-44-31)18-47(29)38(49)20-7-8-20)48(36-22-13-28(36)45-16-22)37(25)26-12-21(4-3-9-42)32(34(41)35(26)46-19)24-5-2-6-27(39)33(24)40/h2,5-6,10-12,15,17,20,22-23,28-29,36,45H,3-4,7-8,13-14,16,18H2,1H3/t22-,23+,28-,29-,36+/m1/s1. The zero-order chi connectivity index (χ0) is 34.3. The van der Waals surface area contributed by atoms with Gasteiger partial charge in [0.2, 0.25) is 11.8 Å². The molecule has 3 aliphatic heterocycles. The Morgan fingerprint density at radius 3 is 2.76 bits per heavy atom. The molecule has 5 atom stereocenters. The third-order valence-electron chi connectivity index (χ3n) is 11.1. The summed E-state index contributed by atoms with van der Waals surface area (Å²) in [6.45, 7) is 3.27. The van der Waals surface area contributed by atoms with Gasteiger partial charge in [0.25, 0.3) is 0 Å². The number of likely N-dealkylation sites (tertiary alicyclic amines) is 1. The fourth-order valence-electron chi connectivity index (χ4n) is 8.59. The Morgan fingerprint density at radius 1 is 1.18 bits per heavy atom. The lowest BCUT2D eigenvalue weighted by Crippen LogP contribution is -2.41. The molecule has 2 saturated carbocycles. The lowest BCUT2D eigenvalue weighted by molar-refractivity contribution is -0.133. The molecule has 1 amide bonds. The molecule has 0 unspecified atom stereocenters. The van der Waals surface area contributed by atoms with E-state index in [0.717, 1.165) is 42.4 Å². The molecule has 50 heavy (non-hydrogen) atoms. The highest BCUT2D eigenvalue weighted by Crippen LogP contribution is 2.51. The van der Waals surface area contributed by atoms with Crippen molar-refractivity contribution in [3.63, 3.8) is 0 Å². The summed E-state index contributed by atoms with van der Waals surface area (Å²) >= 11 is 13.1. The Bertz CT molecular complexity index is 2220. The van der Waals surface area contributed by atoms with Gasteiger partial charge in [0, 0.05) is 77.0 Å². The van der Waals surface area contributed by atoms with Crippen molar-refractivity contribution in [2.24, 2.45) is 11.8 Å². The molecule has 9 nitrogen and oxygen atoms in total. The number of carbonyl (C=O) groups excluding carboxylic acids is 1. The molecule has 10 rings (SSSR count). The van der Waals surface area contributed by atoms with Crippen LogP contribution in [0.5, 0.6) is 5.88 Å². The molecular weight excluding hydrogens is 676 g/mol. The lowest BCUT2D eigenvalue weighted by Gasteiger charge is -2.39. The number of aryl methyl sites for hydroxylation is 2. The van der Waals surface area contributed by atoms with E-state index in [0.29, 0.717) is 64.0 Å². The number of benzene rings is 2. The summed E-state index contributed by atoms with van der Waals surface area (Å²) in [5.41, 5.74) is 4.32. The highest BCUT2D eigenvalue weighted by molar-refractivity contribution is 6.43. The number of hydrogen-bond acceptors (Lipinski definition) is 7. The summed E-state index contributed by atoms with van der Waals surface area (Å²) in [6, 6.07) is 11.7. The van der Waals surface area contributed by atoms with Crippen molar-refractivity contribution in [3.8, 4) is 23.1 Å². The minimum Gasteiger partial charge on any atom is -0.471 e. The number of nitrogens with zero attached hydrogens (tertiary/aromatic N) is 6. The Labute approximate surface area is 298 Å². The van der Waals surface area contributed by atoms with E-state index in [1.807, 2.05) is 17.9 Å². The fourth-order valence-corrected chi connectivity index (χ4v) is 8.98. The molecule has 5 fully saturated rings. The van der Waals surface area contributed by atoms with Crippen molar-refractivity contribution in [1.29, 1.82) is 5.26 Å². The number of rotatable bonds is 8. The van der Waals surface area contributed by atoms with Crippen LogP contribution in [0.1, 0.15) is 61.1 Å². The van der Waals surface area contributed by atoms with Crippen LogP contribution in [-0.2, 0) is 11.2 Å². The van der Waals surface area contributed by atoms with Gasteiger partial charge in [0.1, 0.15) is 11.6 Å². The Kier molecular flexibility index (Phi) is 7.72. The Morgan fingerprint density at radius 2 is 2.04 bits per heavy atom. The SMILES string of the molecule is Cc1nc2c(F)c(-c3cccc(Cl)c3Cl)c(CCC#N)cc2c2c1cc([C@H]1C[C@H](Oc3cnccn3)CN1C(=O)C1CC1)n2[C@H]1[C@H]2CN[C@@H]1C2. The number of aromatic nitrogens is 4. The maximum Gasteiger partial charge on any atom is 0.232 e. The number of halogens is 3. The van der Waals surface area contributed by atoms with E-state index < -0.39 is 5.82 Å². The fraction of sp³-hybridized carbons (Fsp3) is 0.395. The van der Waals surface area contributed by atoms with E-state index in [1.54, 1.807) is 36.8 Å². The monoisotopic (exact) mass is 709 g/mol. The van der Waals surface area contributed by atoms with Gasteiger partial charge in [0.15, 0.2) is 5.82 Å². The van der Waals surface area contributed by atoms with Crippen molar-refractivity contribution < 1.29 is 13.9 Å². The number of nitrogens with one attached hydrogen (secondary N) is 1. The van der Waals surface area contributed by atoms with Crippen molar-refractivity contribution in [1.82, 2.24) is 29.7 Å².